The Labute approximate surface area is 192 Å². The van der Waals surface area contributed by atoms with Crippen molar-refractivity contribution in [3.8, 4) is 10.6 Å². The lowest BCUT2D eigenvalue weighted by Crippen LogP contribution is -2.32. The fourth-order valence-corrected chi connectivity index (χ4v) is 5.31. The molecule has 32 heavy (non-hydrogen) atoms. The zero-order valence-corrected chi connectivity index (χ0v) is 19.7. The molecule has 0 atom stereocenters. The van der Waals surface area contributed by atoms with E-state index >= 15 is 0 Å². The molecule has 4 rings (SSSR count). The number of sulfonamides is 1. The van der Waals surface area contributed by atoms with Crippen molar-refractivity contribution in [3.05, 3.63) is 59.6 Å². The second-order valence-electron chi connectivity index (χ2n) is 7.88. The zero-order valence-electron chi connectivity index (χ0n) is 18.1. The van der Waals surface area contributed by atoms with Crippen LogP contribution in [0, 0.1) is 0 Å². The van der Waals surface area contributed by atoms with Gasteiger partial charge in [0.05, 0.1) is 10.5 Å². The van der Waals surface area contributed by atoms with Gasteiger partial charge >= 0.3 is 0 Å². The van der Waals surface area contributed by atoms with Crippen molar-refractivity contribution in [3.63, 3.8) is 0 Å². The molecule has 0 radical (unpaired) electrons. The van der Waals surface area contributed by atoms with Crippen molar-refractivity contribution in [2.45, 2.75) is 24.2 Å². The Bertz CT molecular complexity index is 1180. The third-order valence-corrected chi connectivity index (χ3v) is 8.14. The summed E-state index contributed by atoms with van der Waals surface area (Å²) >= 11 is 1.55. The van der Waals surface area contributed by atoms with E-state index in [1.165, 1.54) is 20.2 Å². The minimum absolute atomic E-state index is 0.104. The van der Waals surface area contributed by atoms with Gasteiger partial charge in [-0.25, -0.2) is 17.7 Å². The van der Waals surface area contributed by atoms with Gasteiger partial charge in [-0.1, -0.05) is 0 Å². The maximum absolute atomic E-state index is 13.3. The third-order valence-electron chi connectivity index (χ3n) is 5.51. The Balaban J connectivity index is 1.65. The molecule has 0 spiro atoms. The summed E-state index contributed by atoms with van der Waals surface area (Å²) < 4.78 is 26.5. The molecule has 1 saturated heterocycles. The molecule has 7 nitrogen and oxygen atoms in total. The molecule has 0 saturated carbocycles. The molecule has 0 aliphatic carbocycles. The van der Waals surface area contributed by atoms with Gasteiger partial charge in [0.15, 0.2) is 0 Å². The molecule has 1 amide bonds. The molecular formula is C23H26N4O3S2. The number of amides is 1. The monoisotopic (exact) mass is 470 g/mol. The van der Waals surface area contributed by atoms with Gasteiger partial charge in [0.1, 0.15) is 5.01 Å². The fraction of sp³-hybridized carbons (Fsp3) is 0.304. The van der Waals surface area contributed by atoms with E-state index in [0.29, 0.717) is 11.3 Å². The van der Waals surface area contributed by atoms with Crippen molar-refractivity contribution in [1.29, 1.82) is 0 Å². The summed E-state index contributed by atoms with van der Waals surface area (Å²) in [6.07, 6.45) is 5.02. The van der Waals surface area contributed by atoms with Crippen molar-refractivity contribution in [2.24, 2.45) is 0 Å². The van der Waals surface area contributed by atoms with E-state index in [4.69, 9.17) is 0 Å². The molecule has 9 heteroatoms. The average Bonchev–Trinajstić information content (AvgIpc) is 3.34. The summed E-state index contributed by atoms with van der Waals surface area (Å²) in [7, 11) is -0.687. The lowest BCUT2D eigenvalue weighted by atomic mass is 10.1. The smallest absolute Gasteiger partial charge is 0.257 e. The van der Waals surface area contributed by atoms with Crippen molar-refractivity contribution < 1.29 is 13.2 Å². The minimum Gasteiger partial charge on any atom is -0.371 e. The number of rotatable bonds is 6. The van der Waals surface area contributed by atoms with E-state index in [1.54, 1.807) is 29.7 Å². The number of nitrogens with one attached hydrogen (secondary N) is 1. The van der Waals surface area contributed by atoms with Gasteiger partial charge in [0.25, 0.3) is 5.91 Å². The van der Waals surface area contributed by atoms with E-state index < -0.39 is 10.0 Å². The van der Waals surface area contributed by atoms with Gasteiger partial charge in [-0.05, 0) is 61.7 Å². The van der Waals surface area contributed by atoms with E-state index in [9.17, 15) is 13.2 Å². The number of nitrogens with zero attached hydrogens (tertiary/aromatic N) is 3. The number of aromatic nitrogens is 1. The van der Waals surface area contributed by atoms with Gasteiger partial charge in [0.2, 0.25) is 10.0 Å². The van der Waals surface area contributed by atoms with Crippen LogP contribution < -0.4 is 10.2 Å². The first-order chi connectivity index (χ1) is 15.4. The molecule has 1 aromatic heterocycles. The van der Waals surface area contributed by atoms with Gasteiger partial charge < -0.3 is 10.2 Å². The van der Waals surface area contributed by atoms with Gasteiger partial charge in [-0.15, -0.1) is 11.3 Å². The lowest BCUT2D eigenvalue weighted by Gasteiger charge is -2.30. The SMILES string of the molecule is CN(C)S(=O)(=O)c1ccc(N2CCCCC2)c(C(=O)Nc2ccc(-c3nccs3)cc2)c1. The molecule has 2 aromatic carbocycles. The largest absolute Gasteiger partial charge is 0.371 e. The van der Waals surface area contributed by atoms with E-state index in [0.717, 1.165) is 52.9 Å². The van der Waals surface area contributed by atoms with Crippen LogP contribution in [0.3, 0.4) is 0 Å². The predicted octanol–water partition coefficient (Wildman–Crippen LogP) is 4.30. The molecular weight excluding hydrogens is 444 g/mol. The molecule has 0 bridgehead atoms. The number of piperidine rings is 1. The number of carbonyl (C=O) groups is 1. The highest BCUT2D eigenvalue weighted by atomic mass is 32.2. The van der Waals surface area contributed by atoms with Crippen LogP contribution in [0.2, 0.25) is 0 Å². The highest BCUT2D eigenvalue weighted by Crippen LogP contribution is 2.29. The summed E-state index contributed by atoms with van der Waals surface area (Å²) in [5.74, 6) is -0.330. The quantitative estimate of drug-likeness (QED) is 0.581. The normalized spacial score (nSPS) is 14.5. The van der Waals surface area contributed by atoms with Crippen LogP contribution in [0.15, 0.2) is 58.9 Å². The molecule has 2 heterocycles. The van der Waals surface area contributed by atoms with E-state index in [1.807, 2.05) is 29.6 Å². The topological polar surface area (TPSA) is 82.6 Å². The molecule has 1 aliphatic rings. The molecule has 0 unspecified atom stereocenters. The third kappa shape index (κ3) is 4.69. The molecule has 1 aliphatic heterocycles. The van der Waals surface area contributed by atoms with Crippen LogP contribution in [0.5, 0.6) is 0 Å². The number of thiazole rings is 1. The molecule has 1 N–H and O–H groups in total. The van der Waals surface area contributed by atoms with E-state index in [-0.39, 0.29) is 10.8 Å². The van der Waals surface area contributed by atoms with Crippen LogP contribution in [0.4, 0.5) is 11.4 Å². The summed E-state index contributed by atoms with van der Waals surface area (Å²) in [4.78, 5) is 19.9. The number of hydrogen-bond acceptors (Lipinski definition) is 6. The standard InChI is InChI=1S/C23H26N4O3S2/c1-26(2)32(29,30)19-10-11-21(27-13-4-3-5-14-27)20(16-19)22(28)25-18-8-6-17(7-9-18)23-24-12-15-31-23/h6-12,15-16H,3-5,13-14H2,1-2H3,(H,25,28). The first kappa shape index (κ1) is 22.4. The molecule has 168 valence electrons. The summed E-state index contributed by atoms with van der Waals surface area (Å²) in [6.45, 7) is 1.70. The van der Waals surface area contributed by atoms with Crippen LogP contribution in [0.1, 0.15) is 29.6 Å². The second-order valence-corrected chi connectivity index (χ2v) is 10.9. The number of hydrogen-bond donors (Lipinski definition) is 1. The van der Waals surface area contributed by atoms with Crippen molar-refractivity contribution in [1.82, 2.24) is 9.29 Å². The fourth-order valence-electron chi connectivity index (χ4n) is 3.74. The summed E-state index contributed by atoms with van der Waals surface area (Å²) in [5, 5.41) is 5.76. The maximum Gasteiger partial charge on any atom is 0.257 e. The maximum atomic E-state index is 13.3. The number of benzene rings is 2. The number of carbonyl (C=O) groups excluding carboxylic acids is 1. The Hall–Kier alpha value is -2.75. The first-order valence-corrected chi connectivity index (χ1v) is 12.8. The zero-order chi connectivity index (χ0) is 22.7. The van der Waals surface area contributed by atoms with Crippen LogP contribution in [0.25, 0.3) is 10.6 Å². The first-order valence-electron chi connectivity index (χ1n) is 10.5. The van der Waals surface area contributed by atoms with Crippen molar-refractivity contribution in [2.75, 3.05) is 37.4 Å². The number of anilines is 2. The van der Waals surface area contributed by atoms with Crippen LogP contribution in [-0.2, 0) is 10.0 Å². The summed E-state index contributed by atoms with van der Waals surface area (Å²) in [6, 6.07) is 12.3. The van der Waals surface area contributed by atoms with Crippen LogP contribution >= 0.6 is 11.3 Å². The Morgan fingerprint density at radius 3 is 2.41 bits per heavy atom. The highest BCUT2D eigenvalue weighted by molar-refractivity contribution is 7.89. The highest BCUT2D eigenvalue weighted by Gasteiger charge is 2.24. The van der Waals surface area contributed by atoms with Gasteiger partial charge in [-0.3, -0.25) is 4.79 Å². The average molecular weight is 471 g/mol. The van der Waals surface area contributed by atoms with E-state index in [2.05, 4.69) is 15.2 Å². The Morgan fingerprint density at radius 1 is 1.06 bits per heavy atom. The van der Waals surface area contributed by atoms with Gasteiger partial charge in [-0.2, -0.15) is 0 Å². The minimum atomic E-state index is -3.65. The van der Waals surface area contributed by atoms with Crippen molar-refractivity contribution >= 4 is 38.6 Å². The predicted molar refractivity (Wildman–Crippen MR) is 129 cm³/mol. The Morgan fingerprint density at radius 2 is 1.78 bits per heavy atom. The second kappa shape index (κ2) is 9.40. The summed E-state index contributed by atoms with van der Waals surface area (Å²) in [5.41, 5.74) is 2.74. The molecule has 3 aromatic rings. The lowest BCUT2D eigenvalue weighted by molar-refractivity contribution is 0.102. The van der Waals surface area contributed by atoms with Crippen LogP contribution in [-0.4, -0.2) is 50.8 Å². The van der Waals surface area contributed by atoms with Gasteiger partial charge in [0, 0.05) is 55.7 Å². The Kier molecular flexibility index (Phi) is 6.59. The molecule has 1 fully saturated rings.